The zero-order chi connectivity index (χ0) is 12.8. The second kappa shape index (κ2) is 7.51. The van der Waals surface area contributed by atoms with E-state index in [0.29, 0.717) is 19.0 Å². The number of halogens is 2. The standard InChI is InChI=1S/C11H16Br2N2OS/c1-7(2)4-15-10(16)6-14-5-8-3-9(12)11(13)17-8/h3,7,14H,4-6H2,1-2H3,(H,15,16). The van der Waals surface area contributed by atoms with Crippen LogP contribution in [0.3, 0.4) is 0 Å². The third kappa shape index (κ3) is 5.99. The molecule has 1 heterocycles. The molecular formula is C11H16Br2N2OS. The fourth-order valence-corrected chi connectivity index (χ4v) is 3.30. The first-order valence-electron chi connectivity index (χ1n) is 5.40. The van der Waals surface area contributed by atoms with E-state index in [-0.39, 0.29) is 5.91 Å². The summed E-state index contributed by atoms with van der Waals surface area (Å²) in [5.41, 5.74) is 0. The molecule has 3 nitrogen and oxygen atoms in total. The van der Waals surface area contributed by atoms with Crippen LogP contribution < -0.4 is 10.6 Å². The second-order valence-corrected chi connectivity index (χ2v) is 7.44. The van der Waals surface area contributed by atoms with Crippen molar-refractivity contribution in [3.63, 3.8) is 0 Å². The van der Waals surface area contributed by atoms with Gasteiger partial charge in [-0.2, -0.15) is 0 Å². The van der Waals surface area contributed by atoms with E-state index in [1.807, 2.05) is 6.07 Å². The van der Waals surface area contributed by atoms with Crippen molar-refractivity contribution >= 4 is 49.1 Å². The van der Waals surface area contributed by atoms with E-state index in [2.05, 4.69) is 56.3 Å². The number of rotatable bonds is 6. The summed E-state index contributed by atoms with van der Waals surface area (Å²) in [6.45, 7) is 5.96. The number of amides is 1. The molecule has 0 bridgehead atoms. The molecular weight excluding hydrogens is 368 g/mol. The molecule has 6 heteroatoms. The highest BCUT2D eigenvalue weighted by molar-refractivity contribution is 9.13. The molecule has 0 saturated carbocycles. The predicted molar refractivity (Wildman–Crippen MR) is 79.3 cm³/mol. The molecule has 0 saturated heterocycles. The molecule has 0 aliphatic carbocycles. The third-order valence-electron chi connectivity index (χ3n) is 1.99. The van der Waals surface area contributed by atoms with Gasteiger partial charge in [0.1, 0.15) is 0 Å². The van der Waals surface area contributed by atoms with E-state index in [4.69, 9.17) is 0 Å². The van der Waals surface area contributed by atoms with E-state index < -0.39 is 0 Å². The number of hydrogen-bond acceptors (Lipinski definition) is 3. The Morgan fingerprint density at radius 1 is 1.47 bits per heavy atom. The van der Waals surface area contributed by atoms with E-state index >= 15 is 0 Å². The van der Waals surface area contributed by atoms with Gasteiger partial charge >= 0.3 is 0 Å². The summed E-state index contributed by atoms with van der Waals surface area (Å²) in [6, 6.07) is 2.05. The molecule has 96 valence electrons. The molecule has 1 aromatic rings. The SMILES string of the molecule is CC(C)CNC(=O)CNCc1cc(Br)c(Br)s1. The van der Waals surface area contributed by atoms with Crippen LogP contribution in [0.25, 0.3) is 0 Å². The van der Waals surface area contributed by atoms with Gasteiger partial charge in [-0.1, -0.05) is 13.8 Å². The number of nitrogens with one attached hydrogen (secondary N) is 2. The Morgan fingerprint density at radius 2 is 2.18 bits per heavy atom. The van der Waals surface area contributed by atoms with Gasteiger partial charge in [-0.05, 0) is 43.8 Å². The van der Waals surface area contributed by atoms with Crippen molar-refractivity contribution in [1.29, 1.82) is 0 Å². The number of hydrogen-bond donors (Lipinski definition) is 2. The summed E-state index contributed by atoms with van der Waals surface area (Å²) in [4.78, 5) is 12.6. The van der Waals surface area contributed by atoms with Crippen LogP contribution >= 0.6 is 43.2 Å². The lowest BCUT2D eigenvalue weighted by molar-refractivity contribution is -0.120. The molecule has 0 aliphatic rings. The Hall–Kier alpha value is 0.0900. The third-order valence-corrected chi connectivity index (χ3v) is 5.24. The maximum absolute atomic E-state index is 11.4. The summed E-state index contributed by atoms with van der Waals surface area (Å²) in [6.07, 6.45) is 0. The van der Waals surface area contributed by atoms with Crippen molar-refractivity contribution in [3.05, 3.63) is 19.2 Å². The van der Waals surface area contributed by atoms with Gasteiger partial charge in [0.25, 0.3) is 0 Å². The summed E-state index contributed by atoms with van der Waals surface area (Å²) < 4.78 is 2.14. The average Bonchev–Trinajstić information content (AvgIpc) is 2.55. The lowest BCUT2D eigenvalue weighted by Crippen LogP contribution is -2.35. The van der Waals surface area contributed by atoms with E-state index in [0.717, 1.165) is 14.8 Å². The summed E-state index contributed by atoms with van der Waals surface area (Å²) in [5, 5.41) is 5.99. The molecule has 0 unspecified atom stereocenters. The Morgan fingerprint density at radius 3 is 2.71 bits per heavy atom. The van der Waals surface area contributed by atoms with Crippen molar-refractivity contribution in [2.75, 3.05) is 13.1 Å². The fraction of sp³-hybridized carbons (Fsp3) is 0.545. The number of carbonyl (C=O) groups is 1. The lowest BCUT2D eigenvalue weighted by Gasteiger charge is -2.07. The van der Waals surface area contributed by atoms with Gasteiger partial charge in [-0.3, -0.25) is 4.79 Å². The zero-order valence-electron chi connectivity index (χ0n) is 9.85. The topological polar surface area (TPSA) is 41.1 Å². The van der Waals surface area contributed by atoms with E-state index in [1.54, 1.807) is 11.3 Å². The maximum Gasteiger partial charge on any atom is 0.233 e. The number of thiophene rings is 1. The first-order chi connectivity index (χ1) is 7.99. The van der Waals surface area contributed by atoms with Gasteiger partial charge in [-0.15, -0.1) is 11.3 Å². The minimum atomic E-state index is 0.0494. The highest BCUT2D eigenvalue weighted by Crippen LogP contribution is 2.32. The molecule has 0 radical (unpaired) electrons. The van der Waals surface area contributed by atoms with Crippen LogP contribution in [-0.2, 0) is 11.3 Å². The Balaban J connectivity index is 2.21. The summed E-state index contributed by atoms with van der Waals surface area (Å²) in [5.74, 6) is 0.538. The van der Waals surface area contributed by atoms with Crippen LogP contribution in [0.2, 0.25) is 0 Å². The van der Waals surface area contributed by atoms with Crippen LogP contribution in [0.5, 0.6) is 0 Å². The van der Waals surface area contributed by atoms with Gasteiger partial charge in [0.2, 0.25) is 5.91 Å². The van der Waals surface area contributed by atoms with Gasteiger partial charge in [0.05, 0.1) is 10.3 Å². The lowest BCUT2D eigenvalue weighted by atomic mass is 10.2. The minimum Gasteiger partial charge on any atom is -0.355 e. The monoisotopic (exact) mass is 382 g/mol. The van der Waals surface area contributed by atoms with Crippen molar-refractivity contribution in [1.82, 2.24) is 10.6 Å². The molecule has 2 N–H and O–H groups in total. The van der Waals surface area contributed by atoms with Crippen LogP contribution in [0.4, 0.5) is 0 Å². The molecule has 1 rings (SSSR count). The molecule has 1 amide bonds. The zero-order valence-corrected chi connectivity index (χ0v) is 13.8. The second-order valence-electron chi connectivity index (χ2n) is 4.14. The summed E-state index contributed by atoms with van der Waals surface area (Å²) >= 11 is 8.54. The fourth-order valence-electron chi connectivity index (χ4n) is 1.16. The van der Waals surface area contributed by atoms with E-state index in [9.17, 15) is 4.79 Å². The molecule has 1 aromatic heterocycles. The first kappa shape index (κ1) is 15.1. The van der Waals surface area contributed by atoms with Gasteiger partial charge in [0, 0.05) is 22.4 Å². The molecule has 17 heavy (non-hydrogen) atoms. The van der Waals surface area contributed by atoms with E-state index in [1.165, 1.54) is 4.88 Å². The van der Waals surface area contributed by atoms with Crippen molar-refractivity contribution < 1.29 is 4.79 Å². The van der Waals surface area contributed by atoms with Crippen molar-refractivity contribution in [2.45, 2.75) is 20.4 Å². The smallest absolute Gasteiger partial charge is 0.233 e. The highest BCUT2D eigenvalue weighted by Gasteiger charge is 2.05. The Kier molecular flexibility index (Phi) is 6.69. The predicted octanol–water partition coefficient (Wildman–Crippen LogP) is 3.13. The first-order valence-corrected chi connectivity index (χ1v) is 7.80. The molecule has 0 spiro atoms. The Bertz CT molecular complexity index is 360. The quantitative estimate of drug-likeness (QED) is 0.792. The number of carbonyl (C=O) groups excluding carboxylic acids is 1. The maximum atomic E-state index is 11.4. The van der Waals surface area contributed by atoms with Crippen LogP contribution in [0.15, 0.2) is 14.3 Å². The van der Waals surface area contributed by atoms with Gasteiger partial charge < -0.3 is 10.6 Å². The van der Waals surface area contributed by atoms with Crippen LogP contribution in [0, 0.1) is 5.92 Å². The molecule has 0 fully saturated rings. The van der Waals surface area contributed by atoms with Gasteiger partial charge in [0.15, 0.2) is 0 Å². The average molecular weight is 384 g/mol. The van der Waals surface area contributed by atoms with Crippen molar-refractivity contribution in [2.24, 2.45) is 5.92 Å². The largest absolute Gasteiger partial charge is 0.355 e. The molecule has 0 atom stereocenters. The highest BCUT2D eigenvalue weighted by atomic mass is 79.9. The molecule has 0 aliphatic heterocycles. The summed E-state index contributed by atoms with van der Waals surface area (Å²) in [7, 11) is 0. The van der Waals surface area contributed by atoms with Crippen LogP contribution in [-0.4, -0.2) is 19.0 Å². The Labute approximate surface area is 123 Å². The van der Waals surface area contributed by atoms with Crippen LogP contribution in [0.1, 0.15) is 18.7 Å². The van der Waals surface area contributed by atoms with Crippen molar-refractivity contribution in [3.8, 4) is 0 Å². The minimum absolute atomic E-state index is 0.0494. The van der Waals surface area contributed by atoms with Gasteiger partial charge in [-0.25, -0.2) is 0 Å². The molecule has 0 aromatic carbocycles. The normalized spacial score (nSPS) is 10.9.